The summed E-state index contributed by atoms with van der Waals surface area (Å²) in [6.45, 7) is 1.16. The first-order valence-corrected chi connectivity index (χ1v) is 9.11. The second kappa shape index (κ2) is 8.60. The lowest BCUT2D eigenvalue weighted by Gasteiger charge is -2.31. The molecule has 1 aromatic heterocycles. The standard InChI is InChI=1S/C20H23N5O3/c1-28-17(26)10-13-6-8-25(9-7-13)20(27)19-23-11-16(12-24-19)14-2-4-15(5-3-14)18(21)22/h2-5,11-13H,6-10H2,1H3,(H3,21,22). The molecule has 8 heteroatoms. The summed E-state index contributed by atoms with van der Waals surface area (Å²) in [4.78, 5) is 34.2. The molecule has 0 radical (unpaired) electrons. The van der Waals surface area contributed by atoms with E-state index in [0.717, 1.165) is 24.0 Å². The molecule has 1 amide bonds. The Labute approximate surface area is 163 Å². The minimum atomic E-state index is -0.208. The maximum absolute atomic E-state index is 12.6. The number of piperidine rings is 1. The van der Waals surface area contributed by atoms with Gasteiger partial charge in [0, 0.05) is 43.0 Å². The van der Waals surface area contributed by atoms with E-state index in [1.165, 1.54) is 7.11 Å². The molecule has 0 bridgehead atoms. The van der Waals surface area contributed by atoms with Crippen molar-refractivity contribution in [3.8, 4) is 11.1 Å². The third-order valence-corrected chi connectivity index (χ3v) is 4.96. The number of esters is 1. The minimum absolute atomic E-state index is 0.0131. The Morgan fingerprint density at radius 1 is 1.14 bits per heavy atom. The molecule has 3 rings (SSSR count). The number of nitrogens with zero attached hydrogens (tertiary/aromatic N) is 3. The second-order valence-corrected chi connectivity index (χ2v) is 6.80. The molecule has 8 nitrogen and oxygen atoms in total. The van der Waals surface area contributed by atoms with Crippen LogP contribution in [-0.4, -0.2) is 52.8 Å². The summed E-state index contributed by atoms with van der Waals surface area (Å²) in [7, 11) is 1.39. The number of likely N-dealkylation sites (tertiary alicyclic amines) is 1. The zero-order valence-electron chi connectivity index (χ0n) is 15.7. The maximum atomic E-state index is 12.6. The largest absolute Gasteiger partial charge is 0.469 e. The van der Waals surface area contributed by atoms with Crippen molar-refractivity contribution in [3.05, 3.63) is 48.0 Å². The molecule has 1 fully saturated rings. The van der Waals surface area contributed by atoms with E-state index in [4.69, 9.17) is 15.9 Å². The molecule has 3 N–H and O–H groups in total. The lowest BCUT2D eigenvalue weighted by atomic mass is 9.93. The number of nitrogens with two attached hydrogens (primary N) is 1. The third kappa shape index (κ3) is 4.51. The van der Waals surface area contributed by atoms with Crippen LogP contribution in [0, 0.1) is 11.3 Å². The fourth-order valence-corrected chi connectivity index (χ4v) is 3.23. The van der Waals surface area contributed by atoms with Crippen molar-refractivity contribution in [1.29, 1.82) is 5.41 Å². The number of nitrogen functional groups attached to an aromatic ring is 1. The number of aromatic nitrogens is 2. The number of hydrogen-bond donors (Lipinski definition) is 2. The normalized spacial score (nSPS) is 14.5. The van der Waals surface area contributed by atoms with Gasteiger partial charge in [-0.05, 0) is 24.3 Å². The Bertz CT molecular complexity index is 856. The van der Waals surface area contributed by atoms with Gasteiger partial charge in [-0.25, -0.2) is 9.97 Å². The van der Waals surface area contributed by atoms with Crippen LogP contribution >= 0.6 is 0 Å². The molecule has 0 spiro atoms. The number of rotatable bonds is 5. The molecular weight excluding hydrogens is 358 g/mol. The average Bonchev–Trinajstić information content (AvgIpc) is 2.74. The van der Waals surface area contributed by atoms with Gasteiger partial charge in [0.25, 0.3) is 5.91 Å². The summed E-state index contributed by atoms with van der Waals surface area (Å²) in [6, 6.07) is 7.19. The minimum Gasteiger partial charge on any atom is -0.469 e. The number of nitrogens with one attached hydrogen (secondary N) is 1. The van der Waals surface area contributed by atoms with Gasteiger partial charge in [0.2, 0.25) is 5.82 Å². The monoisotopic (exact) mass is 381 g/mol. The van der Waals surface area contributed by atoms with Gasteiger partial charge in [0.05, 0.1) is 7.11 Å². The number of amides is 1. The Morgan fingerprint density at radius 2 is 1.75 bits per heavy atom. The van der Waals surface area contributed by atoms with E-state index >= 15 is 0 Å². The van der Waals surface area contributed by atoms with E-state index in [-0.39, 0.29) is 29.5 Å². The number of ether oxygens (including phenoxy) is 1. The van der Waals surface area contributed by atoms with Crippen molar-refractivity contribution in [2.24, 2.45) is 11.7 Å². The van der Waals surface area contributed by atoms with E-state index < -0.39 is 0 Å². The third-order valence-electron chi connectivity index (χ3n) is 4.96. The van der Waals surface area contributed by atoms with Crippen molar-refractivity contribution in [3.63, 3.8) is 0 Å². The van der Waals surface area contributed by atoms with Crippen LogP contribution in [0.25, 0.3) is 11.1 Å². The summed E-state index contributed by atoms with van der Waals surface area (Å²) in [5, 5.41) is 7.43. The van der Waals surface area contributed by atoms with Gasteiger partial charge in [-0.15, -0.1) is 0 Å². The van der Waals surface area contributed by atoms with Crippen molar-refractivity contribution in [2.45, 2.75) is 19.3 Å². The molecule has 28 heavy (non-hydrogen) atoms. The average molecular weight is 381 g/mol. The van der Waals surface area contributed by atoms with Crippen LogP contribution in [0.4, 0.5) is 0 Å². The van der Waals surface area contributed by atoms with Gasteiger partial charge in [0.15, 0.2) is 0 Å². The van der Waals surface area contributed by atoms with Gasteiger partial charge < -0.3 is 15.4 Å². The first-order valence-electron chi connectivity index (χ1n) is 9.11. The highest BCUT2D eigenvalue weighted by Crippen LogP contribution is 2.22. The highest BCUT2D eigenvalue weighted by atomic mass is 16.5. The Balaban J connectivity index is 1.61. The molecule has 2 heterocycles. The second-order valence-electron chi connectivity index (χ2n) is 6.80. The molecule has 0 unspecified atom stereocenters. The Hall–Kier alpha value is -3.29. The van der Waals surface area contributed by atoms with Crippen molar-refractivity contribution in [1.82, 2.24) is 14.9 Å². The zero-order chi connectivity index (χ0) is 20.1. The van der Waals surface area contributed by atoms with Gasteiger partial charge in [-0.3, -0.25) is 15.0 Å². The highest BCUT2D eigenvalue weighted by molar-refractivity contribution is 5.95. The quantitative estimate of drug-likeness (QED) is 0.463. The van der Waals surface area contributed by atoms with Gasteiger partial charge in [-0.1, -0.05) is 24.3 Å². The molecule has 2 aromatic rings. The molecule has 1 saturated heterocycles. The number of carbonyl (C=O) groups excluding carboxylic acids is 2. The fourth-order valence-electron chi connectivity index (χ4n) is 3.23. The van der Waals surface area contributed by atoms with Crippen LogP contribution < -0.4 is 5.73 Å². The van der Waals surface area contributed by atoms with E-state index in [1.807, 2.05) is 12.1 Å². The van der Waals surface area contributed by atoms with Crippen LogP contribution in [0.2, 0.25) is 0 Å². The van der Waals surface area contributed by atoms with Crippen LogP contribution in [0.5, 0.6) is 0 Å². The molecule has 1 aromatic carbocycles. The summed E-state index contributed by atoms with van der Waals surface area (Å²) in [5.74, 6) is 0.0161. The predicted octanol–water partition coefficient (Wildman–Crippen LogP) is 1.84. The van der Waals surface area contributed by atoms with Crippen molar-refractivity contribution >= 4 is 17.7 Å². The molecular formula is C20H23N5O3. The van der Waals surface area contributed by atoms with E-state index in [0.29, 0.717) is 25.1 Å². The number of methoxy groups -OCH3 is 1. The Kier molecular flexibility index (Phi) is 5.98. The molecule has 0 saturated carbocycles. The van der Waals surface area contributed by atoms with E-state index in [1.54, 1.807) is 29.4 Å². The zero-order valence-corrected chi connectivity index (χ0v) is 15.7. The lowest BCUT2D eigenvalue weighted by Crippen LogP contribution is -2.39. The maximum Gasteiger partial charge on any atom is 0.305 e. The van der Waals surface area contributed by atoms with Crippen LogP contribution in [-0.2, 0) is 9.53 Å². The summed E-state index contributed by atoms with van der Waals surface area (Å²) in [6.07, 6.45) is 5.16. The molecule has 0 aliphatic carbocycles. The van der Waals surface area contributed by atoms with Gasteiger partial charge in [-0.2, -0.15) is 0 Å². The first kappa shape index (κ1) is 19.5. The summed E-state index contributed by atoms with van der Waals surface area (Å²) < 4.78 is 4.71. The number of hydrogen-bond acceptors (Lipinski definition) is 6. The summed E-state index contributed by atoms with van der Waals surface area (Å²) >= 11 is 0. The number of carbonyl (C=O) groups is 2. The van der Waals surface area contributed by atoms with Crippen molar-refractivity contribution < 1.29 is 14.3 Å². The topological polar surface area (TPSA) is 122 Å². The number of amidine groups is 1. The smallest absolute Gasteiger partial charge is 0.305 e. The van der Waals surface area contributed by atoms with Crippen LogP contribution in [0.3, 0.4) is 0 Å². The Morgan fingerprint density at radius 3 is 2.29 bits per heavy atom. The SMILES string of the molecule is COC(=O)CC1CCN(C(=O)c2ncc(-c3ccc(C(=N)N)cc3)cn2)CC1. The molecule has 1 aliphatic heterocycles. The fraction of sp³-hybridized carbons (Fsp3) is 0.350. The van der Waals surface area contributed by atoms with Gasteiger partial charge >= 0.3 is 5.97 Å². The molecule has 0 atom stereocenters. The lowest BCUT2D eigenvalue weighted by molar-refractivity contribution is -0.142. The van der Waals surface area contributed by atoms with Crippen LogP contribution in [0.15, 0.2) is 36.7 Å². The van der Waals surface area contributed by atoms with Crippen LogP contribution in [0.1, 0.15) is 35.4 Å². The summed E-state index contributed by atoms with van der Waals surface area (Å²) in [5.41, 5.74) is 7.77. The number of benzene rings is 1. The first-order chi connectivity index (χ1) is 13.5. The predicted molar refractivity (Wildman–Crippen MR) is 104 cm³/mol. The molecule has 1 aliphatic rings. The van der Waals surface area contributed by atoms with E-state index in [9.17, 15) is 9.59 Å². The van der Waals surface area contributed by atoms with Crippen molar-refractivity contribution in [2.75, 3.05) is 20.2 Å². The molecule has 146 valence electrons. The highest BCUT2D eigenvalue weighted by Gasteiger charge is 2.26. The van der Waals surface area contributed by atoms with Gasteiger partial charge in [0.1, 0.15) is 5.84 Å². The van der Waals surface area contributed by atoms with E-state index in [2.05, 4.69) is 9.97 Å².